The molecule has 0 aliphatic heterocycles. The summed E-state index contributed by atoms with van der Waals surface area (Å²) in [6.45, 7) is 4.89. The van der Waals surface area contributed by atoms with Crippen molar-refractivity contribution in [3.05, 3.63) is 0 Å². The summed E-state index contributed by atoms with van der Waals surface area (Å²) in [5, 5.41) is 7.24. The van der Waals surface area contributed by atoms with Crippen molar-refractivity contribution in [2.75, 3.05) is 12.3 Å². The normalized spacial score (nSPS) is 9.33. The highest BCUT2D eigenvalue weighted by Gasteiger charge is 2.08. The van der Waals surface area contributed by atoms with E-state index in [9.17, 15) is 0 Å². The minimum atomic E-state index is 0. The van der Waals surface area contributed by atoms with Crippen LogP contribution in [0.3, 0.4) is 0 Å². The molecule has 5 heteroatoms. The van der Waals surface area contributed by atoms with Crippen molar-refractivity contribution in [2.24, 2.45) is 5.73 Å². The lowest BCUT2D eigenvalue weighted by Gasteiger charge is -2.26. The van der Waals surface area contributed by atoms with E-state index in [-0.39, 0.29) is 22.9 Å². The van der Waals surface area contributed by atoms with Crippen LogP contribution in [0, 0.1) is 5.41 Å². The van der Waals surface area contributed by atoms with Gasteiger partial charge >= 0.3 is 0 Å². The molecule has 0 amide bonds. The van der Waals surface area contributed by atoms with E-state index in [2.05, 4.69) is 12.6 Å². The van der Waals surface area contributed by atoms with Crippen LogP contribution in [0.1, 0.15) is 20.3 Å². The van der Waals surface area contributed by atoms with Crippen molar-refractivity contribution >= 4 is 35.6 Å². The molecule has 0 radical (unpaired) electrons. The van der Waals surface area contributed by atoms with Crippen molar-refractivity contribution in [2.45, 2.75) is 26.3 Å². The van der Waals surface area contributed by atoms with Crippen LogP contribution >= 0.6 is 29.6 Å². The van der Waals surface area contributed by atoms with Gasteiger partial charge in [0.1, 0.15) is 0 Å². The third-order valence-electron chi connectivity index (χ3n) is 1.49. The Balaban J connectivity index is 0. The maximum atomic E-state index is 7.24. The van der Waals surface area contributed by atoms with Gasteiger partial charge in [0, 0.05) is 12.6 Å². The van der Waals surface area contributed by atoms with Gasteiger partial charge in [-0.15, -0.1) is 17.0 Å². The first kappa shape index (κ1) is 14.6. The van der Waals surface area contributed by atoms with Crippen LogP contribution in [0.25, 0.3) is 0 Å². The number of thiol groups is 1. The third-order valence-corrected chi connectivity index (χ3v) is 1.81. The molecule has 0 saturated carbocycles. The Kier molecular flexibility index (Phi) is 9.42. The van der Waals surface area contributed by atoms with Crippen LogP contribution in [0.2, 0.25) is 0 Å². The molecule has 3 N–H and O–H groups in total. The molecule has 0 atom stereocenters. The molecule has 0 heterocycles. The van der Waals surface area contributed by atoms with Crippen LogP contribution in [0.4, 0.5) is 0 Å². The van der Waals surface area contributed by atoms with Gasteiger partial charge < -0.3 is 10.6 Å². The summed E-state index contributed by atoms with van der Waals surface area (Å²) in [5.74, 6) is 0.998. The van der Waals surface area contributed by atoms with Crippen LogP contribution in [0.15, 0.2) is 0 Å². The zero-order valence-electron chi connectivity index (χ0n) is 7.58. The molecule has 74 valence electrons. The SMILES string of the molecule is Br.CC(C)N(CCCS)C(=N)N. The lowest BCUT2D eigenvalue weighted by atomic mass is 10.3. The van der Waals surface area contributed by atoms with E-state index in [4.69, 9.17) is 11.1 Å². The van der Waals surface area contributed by atoms with Gasteiger partial charge in [-0.05, 0) is 26.0 Å². The predicted octanol–water partition coefficient (Wildman–Crippen LogP) is 1.49. The topological polar surface area (TPSA) is 53.1 Å². The van der Waals surface area contributed by atoms with Gasteiger partial charge in [-0.1, -0.05) is 0 Å². The Hall–Kier alpha value is 0.1000. The number of hydrogen-bond acceptors (Lipinski definition) is 2. The molecule has 0 aromatic rings. The van der Waals surface area contributed by atoms with E-state index >= 15 is 0 Å². The Morgan fingerprint density at radius 2 is 2.08 bits per heavy atom. The second-order valence-electron chi connectivity index (χ2n) is 2.75. The first-order valence-corrected chi connectivity index (χ1v) is 4.44. The van der Waals surface area contributed by atoms with Crippen LogP contribution in [-0.4, -0.2) is 29.2 Å². The summed E-state index contributed by atoms with van der Waals surface area (Å²) >= 11 is 4.09. The van der Waals surface area contributed by atoms with E-state index in [1.165, 1.54) is 0 Å². The van der Waals surface area contributed by atoms with Crippen molar-refractivity contribution in [1.29, 1.82) is 5.41 Å². The van der Waals surface area contributed by atoms with Gasteiger partial charge in [0.05, 0.1) is 0 Å². The van der Waals surface area contributed by atoms with Gasteiger partial charge in [0.15, 0.2) is 5.96 Å². The van der Waals surface area contributed by atoms with Gasteiger partial charge in [-0.3, -0.25) is 5.41 Å². The maximum Gasteiger partial charge on any atom is 0.188 e. The fraction of sp³-hybridized carbons (Fsp3) is 0.857. The number of hydrogen-bond donors (Lipinski definition) is 3. The minimum Gasteiger partial charge on any atom is -0.370 e. The van der Waals surface area contributed by atoms with Gasteiger partial charge in [0.25, 0.3) is 0 Å². The monoisotopic (exact) mass is 255 g/mol. The molecule has 0 saturated heterocycles. The second kappa shape index (κ2) is 7.73. The minimum absolute atomic E-state index is 0. The average Bonchev–Trinajstić information content (AvgIpc) is 1.87. The summed E-state index contributed by atoms with van der Waals surface area (Å²) in [5.41, 5.74) is 5.36. The molecule has 0 bridgehead atoms. The fourth-order valence-electron chi connectivity index (χ4n) is 0.898. The molecule has 12 heavy (non-hydrogen) atoms. The zero-order chi connectivity index (χ0) is 8.85. The van der Waals surface area contributed by atoms with Gasteiger partial charge in [-0.25, -0.2) is 0 Å². The van der Waals surface area contributed by atoms with Crippen molar-refractivity contribution in [3.63, 3.8) is 0 Å². The van der Waals surface area contributed by atoms with Crippen molar-refractivity contribution < 1.29 is 0 Å². The summed E-state index contributed by atoms with van der Waals surface area (Å²) in [6.07, 6.45) is 0.973. The molecular weight excluding hydrogens is 238 g/mol. The third kappa shape index (κ3) is 5.71. The Morgan fingerprint density at radius 1 is 1.58 bits per heavy atom. The molecule has 3 nitrogen and oxygen atoms in total. The highest BCUT2D eigenvalue weighted by molar-refractivity contribution is 8.93. The molecule has 0 aromatic heterocycles. The number of nitrogens with two attached hydrogens (primary N) is 1. The van der Waals surface area contributed by atoms with E-state index in [1.54, 1.807) is 0 Å². The van der Waals surface area contributed by atoms with E-state index in [1.807, 2.05) is 18.7 Å². The standard InChI is InChI=1S/C7H17N3S.BrH/c1-6(2)10(7(8)9)4-3-5-11;/h6,11H,3-5H2,1-2H3,(H3,8,9);1H. The number of halogens is 1. The predicted molar refractivity (Wildman–Crippen MR) is 62.5 cm³/mol. The highest BCUT2D eigenvalue weighted by Crippen LogP contribution is 1.98. The number of nitrogens with one attached hydrogen (secondary N) is 1. The summed E-state index contributed by atoms with van der Waals surface area (Å²) < 4.78 is 0. The lowest BCUT2D eigenvalue weighted by molar-refractivity contribution is 0.345. The number of rotatable bonds is 4. The largest absolute Gasteiger partial charge is 0.370 e. The Morgan fingerprint density at radius 3 is 2.33 bits per heavy atom. The molecule has 0 unspecified atom stereocenters. The van der Waals surface area contributed by atoms with E-state index < -0.39 is 0 Å². The van der Waals surface area contributed by atoms with Gasteiger partial charge in [0.2, 0.25) is 0 Å². The van der Waals surface area contributed by atoms with Crippen molar-refractivity contribution in [1.82, 2.24) is 4.90 Å². The first-order valence-electron chi connectivity index (χ1n) is 3.81. The van der Waals surface area contributed by atoms with E-state index in [0.717, 1.165) is 18.7 Å². The molecule has 0 fully saturated rings. The maximum absolute atomic E-state index is 7.24. The highest BCUT2D eigenvalue weighted by atomic mass is 79.9. The summed E-state index contributed by atoms with van der Waals surface area (Å²) in [7, 11) is 0. The average molecular weight is 256 g/mol. The van der Waals surface area contributed by atoms with Crippen LogP contribution < -0.4 is 5.73 Å². The molecule has 0 aliphatic rings. The molecular formula is C7H18BrN3S. The first-order chi connectivity index (χ1) is 5.09. The van der Waals surface area contributed by atoms with Crippen molar-refractivity contribution in [3.8, 4) is 0 Å². The number of guanidine groups is 1. The Labute approximate surface area is 90.4 Å². The van der Waals surface area contributed by atoms with Crippen LogP contribution in [0.5, 0.6) is 0 Å². The summed E-state index contributed by atoms with van der Waals surface area (Å²) in [6, 6.07) is 0.312. The van der Waals surface area contributed by atoms with Gasteiger partial charge in [-0.2, -0.15) is 12.6 Å². The molecule has 0 aliphatic carbocycles. The molecule has 0 aromatic carbocycles. The lowest BCUT2D eigenvalue weighted by Crippen LogP contribution is -2.42. The van der Waals surface area contributed by atoms with E-state index in [0.29, 0.717) is 6.04 Å². The number of nitrogens with zero attached hydrogens (tertiary/aromatic N) is 1. The fourth-order valence-corrected chi connectivity index (χ4v) is 1.04. The summed E-state index contributed by atoms with van der Waals surface area (Å²) in [4.78, 5) is 1.86. The quantitative estimate of drug-likeness (QED) is 0.405. The smallest absolute Gasteiger partial charge is 0.188 e. The second-order valence-corrected chi connectivity index (χ2v) is 3.20. The molecule has 0 spiro atoms. The molecule has 0 rings (SSSR count). The zero-order valence-corrected chi connectivity index (χ0v) is 10.2. The Bertz CT molecular complexity index is 130. The van der Waals surface area contributed by atoms with Crippen LogP contribution in [-0.2, 0) is 0 Å².